The molecule has 1 rings (SSSR count). The van der Waals surface area contributed by atoms with E-state index in [1.54, 1.807) is 48.5 Å². The fraction of sp³-hybridized carbons (Fsp3) is 0.556. The molecule has 0 spiro atoms. The molecule has 1 aromatic rings. The van der Waals surface area contributed by atoms with Crippen molar-refractivity contribution >= 4 is 18.2 Å². The number of carbonyl (C=O) groups excluding carboxylic acids is 2. The van der Waals surface area contributed by atoms with Crippen LogP contribution in [0.15, 0.2) is 12.3 Å². The van der Waals surface area contributed by atoms with Crippen LogP contribution < -0.4 is 0 Å². The Labute approximate surface area is 153 Å². The van der Waals surface area contributed by atoms with Crippen LogP contribution in [0, 0.1) is 6.92 Å². The van der Waals surface area contributed by atoms with Crippen molar-refractivity contribution in [2.75, 3.05) is 0 Å². The number of ether oxygens (including phenoxy) is 2. The first-order chi connectivity index (χ1) is 11.7. The summed E-state index contributed by atoms with van der Waals surface area (Å²) in [7, 11) is 0. The fourth-order valence-corrected chi connectivity index (χ4v) is 1.90. The first kappa shape index (κ1) is 21.4. The third-order valence-corrected chi connectivity index (χ3v) is 2.87. The molecule has 0 radical (unpaired) electrons. The van der Waals surface area contributed by atoms with E-state index >= 15 is 0 Å². The zero-order valence-electron chi connectivity index (χ0n) is 16.2. The number of amides is 2. The smallest absolute Gasteiger partial charge is 0.420 e. The van der Waals surface area contributed by atoms with Gasteiger partial charge >= 0.3 is 18.2 Å². The van der Waals surface area contributed by atoms with Crippen molar-refractivity contribution in [2.24, 2.45) is 0 Å². The van der Waals surface area contributed by atoms with Crippen LogP contribution in [0.25, 0.3) is 0 Å². The first-order valence-electron chi connectivity index (χ1n) is 8.12. The van der Waals surface area contributed by atoms with Gasteiger partial charge in [0.15, 0.2) is 0 Å². The van der Waals surface area contributed by atoms with Crippen LogP contribution >= 0.6 is 0 Å². The molecular formula is C18H26N2O6. The van der Waals surface area contributed by atoms with E-state index in [9.17, 15) is 19.5 Å². The van der Waals surface area contributed by atoms with Crippen LogP contribution in [-0.2, 0) is 16.0 Å². The number of aryl methyl sites for hydroxylation is 1. The Morgan fingerprint density at radius 1 is 1.04 bits per heavy atom. The molecule has 2 amide bonds. The summed E-state index contributed by atoms with van der Waals surface area (Å²) in [6.45, 7) is 11.3. The van der Waals surface area contributed by atoms with Crippen molar-refractivity contribution in [1.82, 2.24) is 9.88 Å². The second-order valence-corrected chi connectivity index (χ2v) is 7.86. The molecule has 0 saturated heterocycles. The SMILES string of the molecule is Cc1cnc(CN(C(=O)OC(C)(C)C)C(=O)OC(C)(C)C)c(C(=O)O)c1. The standard InChI is InChI=1S/C18H26N2O6/c1-11-8-12(14(21)22)13(19-9-11)10-20(15(23)25-17(2,3)4)16(24)26-18(5,6)7/h8-9H,10H2,1-7H3,(H,21,22). The third-order valence-electron chi connectivity index (χ3n) is 2.87. The molecule has 0 atom stereocenters. The van der Waals surface area contributed by atoms with Gasteiger partial charge < -0.3 is 14.6 Å². The van der Waals surface area contributed by atoms with E-state index in [1.165, 1.54) is 12.3 Å². The highest BCUT2D eigenvalue weighted by Gasteiger charge is 2.32. The van der Waals surface area contributed by atoms with Gasteiger partial charge in [0.25, 0.3) is 0 Å². The Balaban J connectivity index is 3.23. The Hall–Kier alpha value is -2.64. The number of aromatic carboxylic acids is 1. The number of carboxylic acids is 1. The summed E-state index contributed by atoms with van der Waals surface area (Å²) in [5.41, 5.74) is -1.07. The maximum atomic E-state index is 12.5. The summed E-state index contributed by atoms with van der Waals surface area (Å²) >= 11 is 0. The first-order valence-corrected chi connectivity index (χ1v) is 8.12. The van der Waals surface area contributed by atoms with Crippen LogP contribution in [0.1, 0.15) is 63.2 Å². The molecule has 0 bridgehead atoms. The lowest BCUT2D eigenvalue weighted by molar-refractivity contribution is -0.000670. The molecule has 1 aromatic heterocycles. The zero-order chi connectivity index (χ0) is 20.3. The largest absolute Gasteiger partial charge is 0.478 e. The Morgan fingerprint density at radius 3 is 1.88 bits per heavy atom. The molecular weight excluding hydrogens is 340 g/mol. The molecule has 0 saturated carbocycles. The van der Waals surface area contributed by atoms with Gasteiger partial charge in [0.05, 0.1) is 17.8 Å². The lowest BCUT2D eigenvalue weighted by atomic mass is 10.1. The second kappa shape index (κ2) is 7.72. The number of imide groups is 1. The number of nitrogens with zero attached hydrogens (tertiary/aromatic N) is 2. The molecule has 0 aliphatic carbocycles. The number of carboxylic acid groups (broad SMARTS) is 1. The molecule has 8 nitrogen and oxygen atoms in total. The van der Waals surface area contributed by atoms with Gasteiger partial charge in [-0.1, -0.05) is 0 Å². The molecule has 0 aromatic carbocycles. The minimum Gasteiger partial charge on any atom is -0.478 e. The molecule has 0 aliphatic heterocycles. The quantitative estimate of drug-likeness (QED) is 0.868. The number of hydrogen-bond donors (Lipinski definition) is 1. The van der Waals surface area contributed by atoms with E-state index in [4.69, 9.17) is 9.47 Å². The van der Waals surface area contributed by atoms with E-state index < -0.39 is 29.4 Å². The van der Waals surface area contributed by atoms with Gasteiger partial charge in [0, 0.05) is 6.20 Å². The topological polar surface area (TPSA) is 106 Å². The second-order valence-electron chi connectivity index (χ2n) is 7.86. The van der Waals surface area contributed by atoms with Crippen molar-refractivity contribution in [2.45, 2.75) is 66.2 Å². The van der Waals surface area contributed by atoms with Gasteiger partial charge in [0.2, 0.25) is 0 Å². The van der Waals surface area contributed by atoms with Crippen LogP contribution in [0.3, 0.4) is 0 Å². The normalized spacial score (nSPS) is 11.7. The monoisotopic (exact) mass is 366 g/mol. The molecule has 1 heterocycles. The number of carbonyl (C=O) groups is 3. The highest BCUT2D eigenvalue weighted by molar-refractivity contribution is 5.91. The molecule has 144 valence electrons. The van der Waals surface area contributed by atoms with Crippen molar-refractivity contribution in [3.8, 4) is 0 Å². The van der Waals surface area contributed by atoms with Gasteiger partial charge in [-0.05, 0) is 60.1 Å². The zero-order valence-corrected chi connectivity index (χ0v) is 16.2. The third kappa shape index (κ3) is 6.70. The van der Waals surface area contributed by atoms with Crippen LogP contribution in [0.5, 0.6) is 0 Å². The predicted octanol–water partition coefficient (Wildman–Crippen LogP) is 3.76. The van der Waals surface area contributed by atoms with Crippen LogP contribution in [0.4, 0.5) is 9.59 Å². The molecule has 8 heteroatoms. The summed E-state index contributed by atoms with van der Waals surface area (Å²) in [6, 6.07) is 1.42. The molecule has 0 fully saturated rings. The Morgan fingerprint density at radius 2 is 1.50 bits per heavy atom. The minimum absolute atomic E-state index is 0.0554. The van der Waals surface area contributed by atoms with E-state index in [1.807, 2.05) is 0 Å². The number of aromatic nitrogens is 1. The van der Waals surface area contributed by atoms with E-state index in [2.05, 4.69) is 4.98 Å². The van der Waals surface area contributed by atoms with Gasteiger partial charge in [-0.3, -0.25) is 4.98 Å². The van der Waals surface area contributed by atoms with Crippen molar-refractivity contribution in [3.63, 3.8) is 0 Å². The summed E-state index contributed by atoms with van der Waals surface area (Å²) < 4.78 is 10.5. The minimum atomic E-state index is -1.20. The van der Waals surface area contributed by atoms with Gasteiger partial charge in [-0.25, -0.2) is 19.3 Å². The lowest BCUT2D eigenvalue weighted by Crippen LogP contribution is -2.43. The van der Waals surface area contributed by atoms with Gasteiger partial charge in [-0.2, -0.15) is 0 Å². The molecule has 0 unspecified atom stereocenters. The van der Waals surface area contributed by atoms with E-state index in [0.29, 0.717) is 10.5 Å². The summed E-state index contributed by atoms with van der Waals surface area (Å²) in [5, 5.41) is 9.36. The summed E-state index contributed by atoms with van der Waals surface area (Å²) in [6.07, 6.45) is -0.416. The maximum absolute atomic E-state index is 12.5. The predicted molar refractivity (Wildman–Crippen MR) is 93.9 cm³/mol. The summed E-state index contributed by atoms with van der Waals surface area (Å²) in [5.74, 6) is -1.20. The number of rotatable bonds is 3. The van der Waals surface area contributed by atoms with Crippen LogP contribution in [0.2, 0.25) is 0 Å². The van der Waals surface area contributed by atoms with E-state index in [-0.39, 0.29) is 17.8 Å². The number of pyridine rings is 1. The average Bonchev–Trinajstić information content (AvgIpc) is 2.41. The number of hydrogen-bond acceptors (Lipinski definition) is 6. The molecule has 0 aliphatic rings. The van der Waals surface area contributed by atoms with Gasteiger partial charge in [0.1, 0.15) is 11.2 Å². The van der Waals surface area contributed by atoms with E-state index in [0.717, 1.165) is 0 Å². The van der Waals surface area contributed by atoms with Crippen LogP contribution in [-0.4, -0.2) is 44.3 Å². The molecule has 1 N–H and O–H groups in total. The highest BCUT2D eigenvalue weighted by atomic mass is 16.6. The van der Waals surface area contributed by atoms with Gasteiger partial charge in [-0.15, -0.1) is 0 Å². The Bertz CT molecular complexity index is 673. The summed E-state index contributed by atoms with van der Waals surface area (Å²) in [4.78, 5) is 41.2. The van der Waals surface area contributed by atoms with Crippen molar-refractivity contribution in [1.29, 1.82) is 0 Å². The fourth-order valence-electron chi connectivity index (χ4n) is 1.90. The van der Waals surface area contributed by atoms with Crippen molar-refractivity contribution < 1.29 is 29.0 Å². The lowest BCUT2D eigenvalue weighted by Gasteiger charge is -2.28. The maximum Gasteiger partial charge on any atom is 0.420 e. The highest BCUT2D eigenvalue weighted by Crippen LogP contribution is 2.18. The Kier molecular flexibility index (Phi) is 6.35. The van der Waals surface area contributed by atoms with Crippen molar-refractivity contribution in [3.05, 3.63) is 29.1 Å². The average molecular weight is 366 g/mol. The molecule has 26 heavy (non-hydrogen) atoms.